The SMILES string of the molecule is CN(C)C(=O)CCNC(=O)N[C@H](C(=O)O)c1ccccc1. The second-order valence-electron chi connectivity index (χ2n) is 4.62. The molecule has 0 bridgehead atoms. The lowest BCUT2D eigenvalue weighted by Gasteiger charge is -2.16. The summed E-state index contributed by atoms with van der Waals surface area (Å²) in [6, 6.07) is 6.63. The number of amides is 3. The maximum Gasteiger partial charge on any atom is 0.330 e. The van der Waals surface area contributed by atoms with Gasteiger partial charge in [-0.3, -0.25) is 4.79 Å². The van der Waals surface area contributed by atoms with E-state index in [9.17, 15) is 14.4 Å². The second-order valence-corrected chi connectivity index (χ2v) is 4.62. The minimum absolute atomic E-state index is 0.117. The lowest BCUT2D eigenvalue weighted by Crippen LogP contribution is -2.42. The third-order valence-electron chi connectivity index (χ3n) is 2.78. The fourth-order valence-electron chi connectivity index (χ4n) is 1.62. The largest absolute Gasteiger partial charge is 0.479 e. The molecule has 1 aromatic carbocycles. The van der Waals surface area contributed by atoms with E-state index in [4.69, 9.17) is 5.11 Å². The monoisotopic (exact) mass is 293 g/mol. The summed E-state index contributed by atoms with van der Waals surface area (Å²) in [5.41, 5.74) is 0.476. The Morgan fingerprint density at radius 2 is 1.81 bits per heavy atom. The summed E-state index contributed by atoms with van der Waals surface area (Å²) in [4.78, 5) is 35.6. The third-order valence-corrected chi connectivity index (χ3v) is 2.78. The van der Waals surface area contributed by atoms with Crippen molar-refractivity contribution in [2.24, 2.45) is 0 Å². The molecule has 114 valence electrons. The van der Waals surface area contributed by atoms with Crippen LogP contribution in [0.2, 0.25) is 0 Å². The van der Waals surface area contributed by atoms with E-state index in [1.165, 1.54) is 4.90 Å². The molecule has 1 aromatic rings. The highest BCUT2D eigenvalue weighted by atomic mass is 16.4. The standard InChI is InChI=1S/C14H19N3O4/c1-17(2)11(18)8-9-15-14(21)16-12(13(19)20)10-6-4-3-5-7-10/h3-7,12H,8-9H2,1-2H3,(H,19,20)(H2,15,16,21)/t12-/m0/s1. The van der Waals surface area contributed by atoms with Gasteiger partial charge in [0, 0.05) is 27.1 Å². The van der Waals surface area contributed by atoms with Crippen LogP contribution in [0.5, 0.6) is 0 Å². The molecule has 0 aliphatic heterocycles. The summed E-state index contributed by atoms with van der Waals surface area (Å²) in [6.45, 7) is 0.143. The van der Waals surface area contributed by atoms with Gasteiger partial charge >= 0.3 is 12.0 Å². The Kier molecular flexibility index (Phi) is 6.19. The van der Waals surface area contributed by atoms with Crippen molar-refractivity contribution in [3.8, 4) is 0 Å². The molecule has 3 amide bonds. The zero-order valence-corrected chi connectivity index (χ0v) is 12.0. The van der Waals surface area contributed by atoms with Gasteiger partial charge in [-0.05, 0) is 5.56 Å². The molecule has 1 atom stereocenters. The number of carboxylic acids is 1. The molecule has 0 aromatic heterocycles. The lowest BCUT2D eigenvalue weighted by molar-refractivity contribution is -0.139. The molecule has 0 fully saturated rings. The molecule has 0 aliphatic carbocycles. The first kappa shape index (κ1) is 16.5. The van der Waals surface area contributed by atoms with Crippen LogP contribution in [0.3, 0.4) is 0 Å². The van der Waals surface area contributed by atoms with Crippen LogP contribution in [-0.2, 0) is 9.59 Å². The van der Waals surface area contributed by atoms with Gasteiger partial charge in [-0.25, -0.2) is 9.59 Å². The molecule has 0 saturated carbocycles. The second kappa shape index (κ2) is 7.88. The van der Waals surface area contributed by atoms with E-state index in [-0.39, 0.29) is 18.9 Å². The quantitative estimate of drug-likeness (QED) is 0.715. The van der Waals surface area contributed by atoms with E-state index in [0.717, 1.165) is 0 Å². The predicted molar refractivity (Wildman–Crippen MR) is 76.7 cm³/mol. The zero-order chi connectivity index (χ0) is 15.8. The highest BCUT2D eigenvalue weighted by Gasteiger charge is 2.21. The van der Waals surface area contributed by atoms with Gasteiger partial charge in [-0.15, -0.1) is 0 Å². The number of hydrogen-bond donors (Lipinski definition) is 3. The van der Waals surface area contributed by atoms with Gasteiger partial charge < -0.3 is 20.6 Å². The van der Waals surface area contributed by atoms with Crippen LogP contribution in [0.4, 0.5) is 4.79 Å². The van der Waals surface area contributed by atoms with Crippen molar-refractivity contribution in [3.63, 3.8) is 0 Å². The molecule has 0 heterocycles. The molecular formula is C14H19N3O4. The Bertz CT molecular complexity index is 502. The normalized spacial score (nSPS) is 11.3. The molecule has 7 heteroatoms. The summed E-state index contributed by atoms with van der Waals surface area (Å²) in [5.74, 6) is -1.27. The van der Waals surface area contributed by atoms with Crippen molar-refractivity contribution < 1.29 is 19.5 Å². The van der Waals surface area contributed by atoms with Crippen molar-refractivity contribution in [2.45, 2.75) is 12.5 Å². The van der Waals surface area contributed by atoms with Crippen LogP contribution < -0.4 is 10.6 Å². The first-order valence-corrected chi connectivity index (χ1v) is 6.44. The first-order valence-electron chi connectivity index (χ1n) is 6.44. The molecule has 0 unspecified atom stereocenters. The number of benzene rings is 1. The number of rotatable bonds is 6. The van der Waals surface area contributed by atoms with Crippen molar-refractivity contribution in [2.75, 3.05) is 20.6 Å². The van der Waals surface area contributed by atoms with E-state index in [1.54, 1.807) is 44.4 Å². The predicted octanol–water partition coefficient (Wildman–Crippen LogP) is 0.590. The Labute approximate surface area is 122 Å². The molecule has 0 aliphatic rings. The fourth-order valence-corrected chi connectivity index (χ4v) is 1.62. The number of hydrogen-bond acceptors (Lipinski definition) is 3. The van der Waals surface area contributed by atoms with Gasteiger partial charge in [0.25, 0.3) is 0 Å². The minimum Gasteiger partial charge on any atom is -0.479 e. The maximum absolute atomic E-state index is 11.7. The minimum atomic E-state index is -1.15. The average Bonchev–Trinajstić information content (AvgIpc) is 2.45. The van der Waals surface area contributed by atoms with E-state index >= 15 is 0 Å². The molecule has 1 rings (SSSR count). The number of carbonyl (C=O) groups excluding carboxylic acids is 2. The Balaban J connectivity index is 2.51. The molecule has 3 N–H and O–H groups in total. The fraction of sp³-hybridized carbons (Fsp3) is 0.357. The molecular weight excluding hydrogens is 274 g/mol. The van der Waals surface area contributed by atoms with Crippen LogP contribution in [-0.4, -0.2) is 48.6 Å². The molecule has 7 nitrogen and oxygen atoms in total. The van der Waals surface area contributed by atoms with Crippen LogP contribution >= 0.6 is 0 Å². The highest BCUT2D eigenvalue weighted by molar-refractivity contribution is 5.84. The molecule has 0 radical (unpaired) electrons. The third kappa shape index (κ3) is 5.52. The number of aliphatic carboxylic acids is 1. The van der Waals surface area contributed by atoms with Crippen LogP contribution in [0.1, 0.15) is 18.0 Å². The Morgan fingerprint density at radius 1 is 1.19 bits per heavy atom. The number of nitrogens with one attached hydrogen (secondary N) is 2. The summed E-state index contributed by atoms with van der Waals surface area (Å²) >= 11 is 0. The Morgan fingerprint density at radius 3 is 2.33 bits per heavy atom. The van der Waals surface area contributed by atoms with Gasteiger partial charge in [0.1, 0.15) is 0 Å². The lowest BCUT2D eigenvalue weighted by atomic mass is 10.1. The highest BCUT2D eigenvalue weighted by Crippen LogP contribution is 2.12. The van der Waals surface area contributed by atoms with Gasteiger partial charge in [-0.1, -0.05) is 30.3 Å². The summed E-state index contributed by atoms with van der Waals surface area (Å²) in [6.07, 6.45) is 0.156. The maximum atomic E-state index is 11.7. The number of carbonyl (C=O) groups is 3. The van der Waals surface area contributed by atoms with E-state index < -0.39 is 18.0 Å². The van der Waals surface area contributed by atoms with Crippen LogP contribution in [0, 0.1) is 0 Å². The van der Waals surface area contributed by atoms with Gasteiger partial charge in [-0.2, -0.15) is 0 Å². The number of nitrogens with zero attached hydrogens (tertiary/aromatic N) is 1. The van der Waals surface area contributed by atoms with E-state index in [2.05, 4.69) is 10.6 Å². The Hall–Kier alpha value is -2.57. The van der Waals surface area contributed by atoms with Crippen molar-refractivity contribution in [1.29, 1.82) is 0 Å². The van der Waals surface area contributed by atoms with E-state index in [1.807, 2.05) is 0 Å². The van der Waals surface area contributed by atoms with Crippen molar-refractivity contribution in [1.82, 2.24) is 15.5 Å². The number of urea groups is 1. The van der Waals surface area contributed by atoms with Crippen molar-refractivity contribution in [3.05, 3.63) is 35.9 Å². The smallest absolute Gasteiger partial charge is 0.330 e. The summed E-state index contributed by atoms with van der Waals surface area (Å²) in [7, 11) is 3.25. The average molecular weight is 293 g/mol. The van der Waals surface area contributed by atoms with Crippen LogP contribution in [0.15, 0.2) is 30.3 Å². The van der Waals surface area contributed by atoms with Crippen molar-refractivity contribution >= 4 is 17.9 Å². The van der Waals surface area contributed by atoms with Gasteiger partial charge in [0.05, 0.1) is 0 Å². The molecule has 0 saturated heterocycles. The summed E-state index contributed by atoms with van der Waals surface area (Å²) < 4.78 is 0. The molecule has 21 heavy (non-hydrogen) atoms. The van der Waals surface area contributed by atoms with Gasteiger partial charge in [0.15, 0.2) is 6.04 Å². The van der Waals surface area contributed by atoms with E-state index in [0.29, 0.717) is 5.56 Å². The number of carboxylic acid groups (broad SMARTS) is 1. The van der Waals surface area contributed by atoms with Crippen LogP contribution in [0.25, 0.3) is 0 Å². The zero-order valence-electron chi connectivity index (χ0n) is 12.0. The topological polar surface area (TPSA) is 98.7 Å². The van der Waals surface area contributed by atoms with Gasteiger partial charge in [0.2, 0.25) is 5.91 Å². The summed E-state index contributed by atoms with van der Waals surface area (Å²) in [5, 5.41) is 14.0. The first-order chi connectivity index (χ1) is 9.91. The molecule has 0 spiro atoms.